The fraction of sp³-hybridized carbons (Fsp3) is 0.111. The molecule has 0 aromatic heterocycles. The summed E-state index contributed by atoms with van der Waals surface area (Å²) in [6.07, 6.45) is 0.778. The standard InChI is InChI=1S/C9H9ClN2O2/c1-6-7(10)3-2-4-8(6)12-9(13)5-11-14/h2-5,14H,1H3,(H,12,13). The Morgan fingerprint density at radius 3 is 3.00 bits per heavy atom. The first-order chi connectivity index (χ1) is 6.65. The van der Waals surface area contributed by atoms with Crippen molar-refractivity contribution in [2.45, 2.75) is 6.92 Å². The van der Waals surface area contributed by atoms with Crippen molar-refractivity contribution >= 4 is 29.4 Å². The number of amides is 1. The topological polar surface area (TPSA) is 61.7 Å². The number of carbonyl (C=O) groups is 1. The molecule has 2 N–H and O–H groups in total. The normalized spacial score (nSPS) is 10.4. The van der Waals surface area contributed by atoms with Gasteiger partial charge in [-0.1, -0.05) is 22.8 Å². The van der Waals surface area contributed by atoms with Crippen molar-refractivity contribution in [1.82, 2.24) is 0 Å². The Hall–Kier alpha value is -1.55. The number of anilines is 1. The highest BCUT2D eigenvalue weighted by Gasteiger charge is 2.04. The van der Waals surface area contributed by atoms with E-state index in [1.807, 2.05) is 0 Å². The van der Waals surface area contributed by atoms with Crippen LogP contribution in [-0.2, 0) is 4.79 Å². The maximum atomic E-state index is 11.0. The molecule has 0 unspecified atom stereocenters. The zero-order chi connectivity index (χ0) is 10.6. The number of hydrogen-bond donors (Lipinski definition) is 2. The maximum Gasteiger partial charge on any atom is 0.270 e. The van der Waals surface area contributed by atoms with Crippen LogP contribution in [0.5, 0.6) is 0 Å². The fourth-order valence-corrected chi connectivity index (χ4v) is 1.13. The van der Waals surface area contributed by atoms with Crippen LogP contribution in [0.2, 0.25) is 5.02 Å². The van der Waals surface area contributed by atoms with Gasteiger partial charge in [0.25, 0.3) is 5.91 Å². The largest absolute Gasteiger partial charge is 0.411 e. The van der Waals surface area contributed by atoms with E-state index < -0.39 is 5.91 Å². The molecule has 0 saturated carbocycles. The first-order valence-electron chi connectivity index (χ1n) is 3.88. The van der Waals surface area contributed by atoms with Crippen molar-refractivity contribution in [3.05, 3.63) is 28.8 Å². The Morgan fingerprint density at radius 1 is 1.64 bits per heavy atom. The zero-order valence-electron chi connectivity index (χ0n) is 7.49. The lowest BCUT2D eigenvalue weighted by atomic mass is 10.2. The summed E-state index contributed by atoms with van der Waals surface area (Å²) in [7, 11) is 0. The van der Waals surface area contributed by atoms with Crippen molar-refractivity contribution < 1.29 is 10.0 Å². The van der Waals surface area contributed by atoms with E-state index >= 15 is 0 Å². The third-order valence-corrected chi connectivity index (χ3v) is 2.11. The van der Waals surface area contributed by atoms with Gasteiger partial charge < -0.3 is 10.5 Å². The molecular weight excluding hydrogens is 204 g/mol. The van der Waals surface area contributed by atoms with Crippen LogP contribution in [0.3, 0.4) is 0 Å². The number of carbonyl (C=O) groups excluding carboxylic acids is 1. The molecular formula is C9H9ClN2O2. The smallest absolute Gasteiger partial charge is 0.270 e. The summed E-state index contributed by atoms with van der Waals surface area (Å²) >= 11 is 5.84. The first kappa shape index (κ1) is 10.5. The van der Waals surface area contributed by atoms with Gasteiger partial charge in [0.15, 0.2) is 0 Å². The van der Waals surface area contributed by atoms with Crippen LogP contribution in [-0.4, -0.2) is 17.3 Å². The van der Waals surface area contributed by atoms with Crippen LogP contribution in [0.1, 0.15) is 5.56 Å². The summed E-state index contributed by atoms with van der Waals surface area (Å²) in [5.41, 5.74) is 1.37. The molecule has 0 radical (unpaired) electrons. The molecule has 14 heavy (non-hydrogen) atoms. The monoisotopic (exact) mass is 212 g/mol. The minimum atomic E-state index is -0.502. The lowest BCUT2D eigenvalue weighted by Crippen LogP contribution is -2.13. The summed E-state index contributed by atoms with van der Waals surface area (Å²) in [6.45, 7) is 1.79. The molecule has 1 aromatic rings. The second kappa shape index (κ2) is 4.62. The summed E-state index contributed by atoms with van der Waals surface area (Å²) in [5.74, 6) is -0.502. The minimum Gasteiger partial charge on any atom is -0.411 e. The second-order valence-electron chi connectivity index (χ2n) is 2.65. The van der Waals surface area contributed by atoms with Gasteiger partial charge in [-0.05, 0) is 24.6 Å². The lowest BCUT2D eigenvalue weighted by molar-refractivity contribution is -0.110. The average molecular weight is 213 g/mol. The Balaban J connectivity index is 2.87. The van der Waals surface area contributed by atoms with Crippen LogP contribution in [0.4, 0.5) is 5.69 Å². The molecule has 0 atom stereocenters. The van der Waals surface area contributed by atoms with E-state index in [2.05, 4.69) is 10.5 Å². The fourth-order valence-electron chi connectivity index (χ4n) is 0.960. The average Bonchev–Trinajstić information content (AvgIpc) is 2.13. The van der Waals surface area contributed by atoms with Crippen molar-refractivity contribution in [2.24, 2.45) is 5.16 Å². The van der Waals surface area contributed by atoms with E-state index in [0.29, 0.717) is 10.7 Å². The molecule has 4 nitrogen and oxygen atoms in total. The molecule has 1 aromatic carbocycles. The van der Waals surface area contributed by atoms with Gasteiger partial charge in [-0.2, -0.15) is 0 Å². The van der Waals surface area contributed by atoms with Crippen LogP contribution in [0, 0.1) is 6.92 Å². The summed E-state index contributed by atoms with van der Waals surface area (Å²) in [4.78, 5) is 11.0. The number of nitrogens with zero attached hydrogens (tertiary/aromatic N) is 1. The SMILES string of the molecule is Cc1c(Cl)cccc1NC(=O)C=NO. The molecule has 0 spiro atoms. The number of rotatable bonds is 2. The van der Waals surface area contributed by atoms with Gasteiger partial charge in [0.05, 0.1) is 0 Å². The van der Waals surface area contributed by atoms with E-state index in [-0.39, 0.29) is 0 Å². The van der Waals surface area contributed by atoms with Gasteiger partial charge in [-0.25, -0.2) is 0 Å². The number of hydrogen-bond acceptors (Lipinski definition) is 3. The number of benzene rings is 1. The summed E-state index contributed by atoms with van der Waals surface area (Å²) < 4.78 is 0. The van der Waals surface area contributed by atoms with Crippen molar-refractivity contribution in [3.63, 3.8) is 0 Å². The molecule has 1 rings (SSSR count). The second-order valence-corrected chi connectivity index (χ2v) is 3.05. The highest BCUT2D eigenvalue weighted by atomic mass is 35.5. The molecule has 0 fully saturated rings. The third kappa shape index (κ3) is 2.47. The molecule has 0 aliphatic carbocycles. The van der Waals surface area contributed by atoms with Gasteiger partial charge >= 0.3 is 0 Å². The van der Waals surface area contributed by atoms with Gasteiger partial charge in [-0.3, -0.25) is 4.79 Å². The third-order valence-electron chi connectivity index (χ3n) is 1.70. The Labute approximate surface area is 86.2 Å². The number of halogens is 1. The minimum absolute atomic E-state index is 0.502. The number of oxime groups is 1. The van der Waals surface area contributed by atoms with Gasteiger partial charge in [-0.15, -0.1) is 0 Å². The van der Waals surface area contributed by atoms with E-state index in [1.165, 1.54) is 0 Å². The van der Waals surface area contributed by atoms with Gasteiger partial charge in [0, 0.05) is 10.7 Å². The predicted octanol–water partition coefficient (Wildman–Crippen LogP) is 2.05. The van der Waals surface area contributed by atoms with Gasteiger partial charge in [0.1, 0.15) is 6.21 Å². The molecule has 74 valence electrons. The van der Waals surface area contributed by atoms with E-state index in [4.69, 9.17) is 16.8 Å². The Morgan fingerprint density at radius 2 is 2.36 bits per heavy atom. The van der Waals surface area contributed by atoms with Crippen LogP contribution < -0.4 is 5.32 Å². The highest BCUT2D eigenvalue weighted by molar-refractivity contribution is 6.33. The molecule has 0 heterocycles. The molecule has 0 aliphatic heterocycles. The van der Waals surface area contributed by atoms with Gasteiger partial charge in [0.2, 0.25) is 0 Å². The molecule has 5 heteroatoms. The van der Waals surface area contributed by atoms with Crippen molar-refractivity contribution in [2.75, 3.05) is 5.32 Å². The molecule has 0 saturated heterocycles. The van der Waals surface area contributed by atoms with Crippen molar-refractivity contribution in [1.29, 1.82) is 0 Å². The predicted molar refractivity (Wildman–Crippen MR) is 55.1 cm³/mol. The molecule has 0 bridgehead atoms. The van der Waals surface area contributed by atoms with Crippen LogP contribution in [0.15, 0.2) is 23.4 Å². The van der Waals surface area contributed by atoms with E-state index in [9.17, 15) is 4.79 Å². The lowest BCUT2D eigenvalue weighted by Gasteiger charge is -2.06. The van der Waals surface area contributed by atoms with Crippen LogP contribution >= 0.6 is 11.6 Å². The quantitative estimate of drug-likeness (QED) is 0.448. The first-order valence-corrected chi connectivity index (χ1v) is 4.26. The van der Waals surface area contributed by atoms with E-state index in [0.717, 1.165) is 11.8 Å². The molecule has 0 aliphatic rings. The van der Waals surface area contributed by atoms with E-state index in [1.54, 1.807) is 25.1 Å². The molecule has 1 amide bonds. The Bertz CT molecular complexity index is 377. The zero-order valence-corrected chi connectivity index (χ0v) is 8.25. The van der Waals surface area contributed by atoms with Crippen molar-refractivity contribution in [3.8, 4) is 0 Å². The summed E-state index contributed by atoms with van der Waals surface area (Å²) in [5, 5.41) is 13.8. The Kier molecular flexibility index (Phi) is 3.48. The number of nitrogens with one attached hydrogen (secondary N) is 1. The highest BCUT2D eigenvalue weighted by Crippen LogP contribution is 2.22. The van der Waals surface area contributed by atoms with Crippen LogP contribution in [0.25, 0.3) is 0 Å². The maximum absolute atomic E-state index is 11.0. The summed E-state index contributed by atoms with van der Waals surface area (Å²) in [6, 6.07) is 5.16.